The number of aromatic nitrogens is 1. The van der Waals surface area contributed by atoms with E-state index in [0.29, 0.717) is 23.4 Å². The average Bonchev–Trinajstić information content (AvgIpc) is 2.81. The van der Waals surface area contributed by atoms with Crippen LogP contribution >= 0.6 is 11.8 Å². The van der Waals surface area contributed by atoms with Crippen LogP contribution in [0.5, 0.6) is 0 Å². The van der Waals surface area contributed by atoms with Crippen LogP contribution in [0.25, 0.3) is 0 Å². The van der Waals surface area contributed by atoms with Crippen molar-refractivity contribution in [3.8, 4) is 11.8 Å². The van der Waals surface area contributed by atoms with Crippen LogP contribution in [0.4, 0.5) is 5.69 Å². The third kappa shape index (κ3) is 7.02. The smallest absolute Gasteiger partial charge is 0.251 e. The predicted octanol–water partition coefficient (Wildman–Crippen LogP) is 3.97. The maximum absolute atomic E-state index is 12.9. The van der Waals surface area contributed by atoms with E-state index in [4.69, 9.17) is 0 Å². The fraction of sp³-hybridized carbons (Fsp3) is 0.160. The molecule has 0 bridgehead atoms. The first-order valence-electron chi connectivity index (χ1n) is 9.84. The third-order valence-corrected chi connectivity index (χ3v) is 5.04. The van der Waals surface area contributed by atoms with Crippen molar-refractivity contribution in [1.29, 1.82) is 0 Å². The standard InChI is InChI=1S/C25H23N3O2S/c1-31-17-15-23(28-24(29)20-9-3-2-4-10-20)25(30)27-22-12-7-8-19(18-22)13-14-21-11-5-6-16-26-21/h2-12,16,18,23H,15,17H2,1H3,(H,27,30)(H,28,29). The minimum Gasteiger partial charge on any atom is -0.340 e. The number of carbonyl (C=O) groups excluding carboxylic acids is 2. The van der Waals surface area contributed by atoms with Crippen LogP contribution in [0.2, 0.25) is 0 Å². The van der Waals surface area contributed by atoms with E-state index in [0.717, 1.165) is 11.3 Å². The molecule has 0 spiro atoms. The minimum atomic E-state index is -0.636. The van der Waals surface area contributed by atoms with E-state index in [2.05, 4.69) is 27.5 Å². The first-order chi connectivity index (χ1) is 15.2. The summed E-state index contributed by atoms with van der Waals surface area (Å²) in [7, 11) is 0. The summed E-state index contributed by atoms with van der Waals surface area (Å²) < 4.78 is 0. The van der Waals surface area contributed by atoms with E-state index >= 15 is 0 Å². The Labute approximate surface area is 186 Å². The molecular formula is C25H23N3O2S. The van der Waals surface area contributed by atoms with Crippen molar-refractivity contribution in [3.63, 3.8) is 0 Å². The molecule has 0 aliphatic rings. The maximum atomic E-state index is 12.9. The summed E-state index contributed by atoms with van der Waals surface area (Å²) >= 11 is 1.63. The van der Waals surface area contributed by atoms with Gasteiger partial charge < -0.3 is 10.6 Å². The molecule has 1 unspecified atom stereocenters. The lowest BCUT2D eigenvalue weighted by Crippen LogP contribution is -2.44. The molecule has 1 heterocycles. The largest absolute Gasteiger partial charge is 0.340 e. The second-order valence-electron chi connectivity index (χ2n) is 6.71. The molecule has 2 N–H and O–H groups in total. The second kappa shape index (κ2) is 11.6. The Kier molecular flexibility index (Phi) is 8.27. The number of anilines is 1. The number of carbonyl (C=O) groups is 2. The lowest BCUT2D eigenvalue weighted by Gasteiger charge is -2.18. The number of amides is 2. The summed E-state index contributed by atoms with van der Waals surface area (Å²) in [6, 6.07) is 21.1. The molecular weight excluding hydrogens is 406 g/mol. The molecule has 6 heteroatoms. The van der Waals surface area contributed by atoms with Gasteiger partial charge in [-0.2, -0.15) is 11.8 Å². The molecule has 1 atom stereocenters. The van der Waals surface area contributed by atoms with Crippen molar-refractivity contribution in [2.24, 2.45) is 0 Å². The van der Waals surface area contributed by atoms with Gasteiger partial charge in [-0.15, -0.1) is 0 Å². The molecule has 2 aromatic carbocycles. The predicted molar refractivity (Wildman–Crippen MR) is 126 cm³/mol. The van der Waals surface area contributed by atoms with Crippen LogP contribution in [-0.2, 0) is 4.79 Å². The normalized spacial score (nSPS) is 11.0. The molecule has 3 aromatic rings. The Balaban J connectivity index is 1.69. The first kappa shape index (κ1) is 22.1. The van der Waals surface area contributed by atoms with E-state index in [1.165, 1.54) is 0 Å². The fourth-order valence-corrected chi connectivity index (χ4v) is 3.28. The number of thioether (sulfide) groups is 1. The summed E-state index contributed by atoms with van der Waals surface area (Å²) in [5.41, 5.74) is 2.59. The Bertz CT molecular complexity index is 1080. The maximum Gasteiger partial charge on any atom is 0.251 e. The number of benzene rings is 2. The Morgan fingerprint density at radius 2 is 1.81 bits per heavy atom. The zero-order valence-corrected chi connectivity index (χ0v) is 18.0. The van der Waals surface area contributed by atoms with Crippen LogP contribution < -0.4 is 10.6 Å². The van der Waals surface area contributed by atoms with E-state index < -0.39 is 6.04 Å². The van der Waals surface area contributed by atoms with Crippen LogP contribution in [0.1, 0.15) is 28.0 Å². The highest BCUT2D eigenvalue weighted by Gasteiger charge is 2.21. The third-order valence-electron chi connectivity index (χ3n) is 4.40. The number of rotatable bonds is 7. The second-order valence-corrected chi connectivity index (χ2v) is 7.69. The van der Waals surface area contributed by atoms with Gasteiger partial charge in [-0.3, -0.25) is 9.59 Å². The van der Waals surface area contributed by atoms with E-state index in [9.17, 15) is 9.59 Å². The van der Waals surface area contributed by atoms with E-state index in [1.807, 2.05) is 42.7 Å². The van der Waals surface area contributed by atoms with Crippen molar-refractivity contribution in [3.05, 3.63) is 95.8 Å². The quantitative estimate of drug-likeness (QED) is 0.558. The highest BCUT2D eigenvalue weighted by molar-refractivity contribution is 7.98. The van der Waals surface area contributed by atoms with Gasteiger partial charge >= 0.3 is 0 Å². The fourth-order valence-electron chi connectivity index (χ4n) is 2.81. The molecule has 5 nitrogen and oxygen atoms in total. The SMILES string of the molecule is CSCCC(NC(=O)c1ccccc1)C(=O)Nc1cccc(C#Cc2ccccn2)c1. The Hall–Kier alpha value is -3.56. The van der Waals surface area contributed by atoms with Crippen molar-refractivity contribution in [2.75, 3.05) is 17.3 Å². The molecule has 0 radical (unpaired) electrons. The lowest BCUT2D eigenvalue weighted by atomic mass is 10.1. The van der Waals surface area contributed by atoms with Gasteiger partial charge in [0, 0.05) is 23.0 Å². The summed E-state index contributed by atoms with van der Waals surface area (Å²) in [6.45, 7) is 0. The summed E-state index contributed by atoms with van der Waals surface area (Å²) in [5.74, 6) is 6.29. The first-order valence-corrected chi connectivity index (χ1v) is 11.2. The van der Waals surface area contributed by atoms with Crippen LogP contribution in [0, 0.1) is 11.8 Å². The Morgan fingerprint density at radius 1 is 1.00 bits per heavy atom. The van der Waals surface area contributed by atoms with Crippen LogP contribution in [-0.4, -0.2) is 34.8 Å². The molecule has 1 aromatic heterocycles. The zero-order chi connectivity index (χ0) is 21.9. The summed E-state index contributed by atoms with van der Waals surface area (Å²) in [4.78, 5) is 29.6. The van der Waals surface area contributed by atoms with Crippen LogP contribution in [0.15, 0.2) is 79.0 Å². The molecule has 156 valence electrons. The molecule has 0 fully saturated rings. The van der Waals surface area contributed by atoms with Gasteiger partial charge in [-0.1, -0.05) is 36.3 Å². The highest BCUT2D eigenvalue weighted by Crippen LogP contribution is 2.12. The van der Waals surface area contributed by atoms with Gasteiger partial charge in [-0.05, 0) is 66.8 Å². The number of pyridine rings is 1. The van der Waals surface area contributed by atoms with E-state index in [-0.39, 0.29) is 11.8 Å². The van der Waals surface area contributed by atoms with Crippen molar-refractivity contribution in [1.82, 2.24) is 10.3 Å². The number of hydrogen-bond acceptors (Lipinski definition) is 4. The van der Waals surface area contributed by atoms with Crippen molar-refractivity contribution in [2.45, 2.75) is 12.5 Å². The topological polar surface area (TPSA) is 71.1 Å². The van der Waals surface area contributed by atoms with Gasteiger partial charge in [0.2, 0.25) is 5.91 Å². The number of nitrogens with zero attached hydrogens (tertiary/aromatic N) is 1. The Morgan fingerprint density at radius 3 is 2.55 bits per heavy atom. The molecule has 31 heavy (non-hydrogen) atoms. The minimum absolute atomic E-state index is 0.256. The molecule has 0 aliphatic heterocycles. The van der Waals surface area contributed by atoms with Gasteiger partial charge in [0.25, 0.3) is 5.91 Å². The molecule has 0 saturated heterocycles. The monoisotopic (exact) mass is 429 g/mol. The molecule has 0 aliphatic carbocycles. The highest BCUT2D eigenvalue weighted by atomic mass is 32.2. The molecule has 2 amide bonds. The average molecular weight is 430 g/mol. The van der Waals surface area contributed by atoms with Gasteiger partial charge in [0.1, 0.15) is 11.7 Å². The summed E-state index contributed by atoms with van der Waals surface area (Å²) in [5, 5.41) is 5.75. The van der Waals surface area contributed by atoms with Gasteiger partial charge in [0.15, 0.2) is 0 Å². The van der Waals surface area contributed by atoms with Gasteiger partial charge in [-0.25, -0.2) is 4.98 Å². The summed E-state index contributed by atoms with van der Waals surface area (Å²) in [6.07, 6.45) is 4.20. The lowest BCUT2D eigenvalue weighted by molar-refractivity contribution is -0.118. The molecule has 3 rings (SSSR count). The number of nitrogens with one attached hydrogen (secondary N) is 2. The van der Waals surface area contributed by atoms with Crippen molar-refractivity contribution < 1.29 is 9.59 Å². The zero-order valence-electron chi connectivity index (χ0n) is 17.2. The van der Waals surface area contributed by atoms with Gasteiger partial charge in [0.05, 0.1) is 0 Å². The van der Waals surface area contributed by atoms with Crippen molar-refractivity contribution >= 4 is 29.3 Å². The molecule has 0 saturated carbocycles. The van der Waals surface area contributed by atoms with E-state index in [1.54, 1.807) is 54.4 Å². The van der Waals surface area contributed by atoms with Crippen LogP contribution in [0.3, 0.4) is 0 Å². The number of hydrogen-bond donors (Lipinski definition) is 2.